The Balaban J connectivity index is 2.21. The van der Waals surface area contributed by atoms with Gasteiger partial charge < -0.3 is 15.4 Å². The van der Waals surface area contributed by atoms with Gasteiger partial charge in [0.15, 0.2) is 5.11 Å². The van der Waals surface area contributed by atoms with E-state index >= 15 is 0 Å². The van der Waals surface area contributed by atoms with Crippen molar-refractivity contribution in [2.75, 3.05) is 7.11 Å². The highest BCUT2D eigenvalue weighted by atomic mass is 35.5. The summed E-state index contributed by atoms with van der Waals surface area (Å²) in [6, 6.07) is 13.9. The number of esters is 1. The molecule has 2 aromatic carbocycles. The summed E-state index contributed by atoms with van der Waals surface area (Å²) in [5.41, 5.74) is 2.47. The molecule has 0 bridgehead atoms. The maximum absolute atomic E-state index is 12.5. The first-order valence-electron chi connectivity index (χ1n) is 7.41. The standard InChI is InChI=1S/C18H14Cl2N2O2S/c1-24-17(23)14-15(10-6-8-11(19)9-7-10)21-18(25)22-16(14)12-4-2-3-5-13(12)20/h2-9,16H,1H3,(H2,21,22,25)/t16-/m1/s1. The van der Waals surface area contributed by atoms with Crippen LogP contribution in [-0.4, -0.2) is 18.2 Å². The van der Waals surface area contributed by atoms with E-state index in [4.69, 9.17) is 40.2 Å². The van der Waals surface area contributed by atoms with Crippen LogP contribution in [0.5, 0.6) is 0 Å². The van der Waals surface area contributed by atoms with E-state index in [9.17, 15) is 4.79 Å². The van der Waals surface area contributed by atoms with Crippen LogP contribution in [0.4, 0.5) is 0 Å². The summed E-state index contributed by atoms with van der Waals surface area (Å²) in [6.45, 7) is 0. The highest BCUT2D eigenvalue weighted by molar-refractivity contribution is 7.80. The Morgan fingerprint density at radius 3 is 2.44 bits per heavy atom. The third-order valence-electron chi connectivity index (χ3n) is 3.83. The Bertz CT molecular complexity index is 866. The molecule has 7 heteroatoms. The number of ether oxygens (including phenoxy) is 1. The second-order valence-electron chi connectivity index (χ2n) is 5.34. The molecule has 0 amide bonds. The van der Waals surface area contributed by atoms with Crippen molar-refractivity contribution < 1.29 is 9.53 Å². The summed E-state index contributed by atoms with van der Waals surface area (Å²) in [5, 5.41) is 7.67. The minimum atomic E-state index is -0.527. The third-order valence-corrected chi connectivity index (χ3v) is 4.64. The molecule has 3 rings (SSSR count). The van der Waals surface area contributed by atoms with Crippen LogP contribution < -0.4 is 10.6 Å². The Morgan fingerprint density at radius 2 is 1.80 bits per heavy atom. The van der Waals surface area contributed by atoms with Crippen LogP contribution in [0.15, 0.2) is 54.1 Å². The average Bonchev–Trinajstić information content (AvgIpc) is 2.61. The zero-order valence-electron chi connectivity index (χ0n) is 13.2. The number of hydrogen-bond donors (Lipinski definition) is 2. The minimum absolute atomic E-state index is 0.391. The average molecular weight is 393 g/mol. The van der Waals surface area contributed by atoms with Crippen molar-refractivity contribution in [1.82, 2.24) is 10.6 Å². The number of methoxy groups -OCH3 is 1. The van der Waals surface area contributed by atoms with E-state index in [-0.39, 0.29) is 0 Å². The second kappa shape index (κ2) is 7.44. The first-order chi connectivity index (χ1) is 12.0. The number of carbonyl (C=O) groups is 1. The summed E-state index contributed by atoms with van der Waals surface area (Å²) in [6.07, 6.45) is 0. The van der Waals surface area contributed by atoms with Crippen LogP contribution >= 0.6 is 35.4 Å². The van der Waals surface area contributed by atoms with Gasteiger partial charge in [0, 0.05) is 10.0 Å². The van der Waals surface area contributed by atoms with Gasteiger partial charge in [0.2, 0.25) is 0 Å². The van der Waals surface area contributed by atoms with E-state index in [1.165, 1.54) is 7.11 Å². The van der Waals surface area contributed by atoms with Crippen molar-refractivity contribution >= 4 is 52.2 Å². The lowest BCUT2D eigenvalue weighted by Crippen LogP contribution is -2.45. The normalized spacial score (nSPS) is 16.9. The highest BCUT2D eigenvalue weighted by Crippen LogP contribution is 2.35. The van der Waals surface area contributed by atoms with Crippen molar-refractivity contribution in [3.8, 4) is 0 Å². The Morgan fingerprint density at radius 1 is 1.12 bits per heavy atom. The lowest BCUT2D eigenvalue weighted by Gasteiger charge is -2.31. The largest absolute Gasteiger partial charge is 0.466 e. The van der Waals surface area contributed by atoms with E-state index in [1.54, 1.807) is 18.2 Å². The van der Waals surface area contributed by atoms with Crippen LogP contribution in [-0.2, 0) is 9.53 Å². The number of hydrogen-bond acceptors (Lipinski definition) is 3. The van der Waals surface area contributed by atoms with Crippen molar-refractivity contribution in [2.45, 2.75) is 6.04 Å². The molecule has 0 spiro atoms. The highest BCUT2D eigenvalue weighted by Gasteiger charge is 2.33. The maximum atomic E-state index is 12.5. The molecular formula is C18H14Cl2N2O2S. The fourth-order valence-electron chi connectivity index (χ4n) is 2.68. The molecule has 0 saturated heterocycles. The van der Waals surface area contributed by atoms with Crippen LogP contribution in [0, 0.1) is 0 Å². The van der Waals surface area contributed by atoms with Crippen LogP contribution in [0.3, 0.4) is 0 Å². The minimum Gasteiger partial charge on any atom is -0.466 e. The fraction of sp³-hybridized carbons (Fsp3) is 0.111. The smallest absolute Gasteiger partial charge is 0.338 e. The molecule has 1 heterocycles. The molecule has 0 unspecified atom stereocenters. The van der Waals surface area contributed by atoms with Crippen molar-refractivity contribution in [2.24, 2.45) is 0 Å². The fourth-order valence-corrected chi connectivity index (χ4v) is 3.27. The molecule has 4 nitrogen and oxygen atoms in total. The van der Waals surface area contributed by atoms with Gasteiger partial charge in [-0.15, -0.1) is 0 Å². The number of carbonyl (C=O) groups excluding carboxylic acids is 1. The van der Waals surface area contributed by atoms with E-state index in [0.717, 1.165) is 11.1 Å². The molecule has 1 aliphatic heterocycles. The summed E-state index contributed by atoms with van der Waals surface area (Å²) in [5.74, 6) is -0.475. The molecule has 0 fully saturated rings. The number of thiocarbonyl (C=S) groups is 1. The first kappa shape index (κ1) is 17.7. The van der Waals surface area contributed by atoms with Gasteiger partial charge in [-0.1, -0.05) is 53.5 Å². The summed E-state index contributed by atoms with van der Waals surface area (Å²) in [4.78, 5) is 12.5. The molecule has 0 radical (unpaired) electrons. The molecule has 128 valence electrons. The van der Waals surface area contributed by atoms with Crippen molar-refractivity contribution in [1.29, 1.82) is 0 Å². The van der Waals surface area contributed by atoms with Gasteiger partial charge in [0.05, 0.1) is 24.4 Å². The lowest BCUT2D eigenvalue weighted by molar-refractivity contribution is -0.136. The molecule has 1 aliphatic rings. The van der Waals surface area contributed by atoms with Crippen molar-refractivity contribution in [3.05, 3.63) is 75.3 Å². The molecule has 2 N–H and O–H groups in total. The molecule has 0 aromatic heterocycles. The van der Waals surface area contributed by atoms with Gasteiger partial charge in [-0.05, 0) is 41.5 Å². The summed E-state index contributed by atoms with van der Waals surface area (Å²) >= 11 is 17.6. The monoisotopic (exact) mass is 392 g/mol. The van der Waals surface area contributed by atoms with E-state index in [0.29, 0.717) is 26.4 Å². The predicted octanol–water partition coefficient (Wildman–Crippen LogP) is 4.10. The van der Waals surface area contributed by atoms with Gasteiger partial charge >= 0.3 is 5.97 Å². The predicted molar refractivity (Wildman–Crippen MR) is 103 cm³/mol. The van der Waals surface area contributed by atoms with Gasteiger partial charge in [-0.25, -0.2) is 4.79 Å². The molecular weight excluding hydrogens is 379 g/mol. The van der Waals surface area contributed by atoms with Gasteiger partial charge in [0.25, 0.3) is 0 Å². The van der Waals surface area contributed by atoms with E-state index in [1.807, 2.05) is 30.3 Å². The molecule has 0 saturated carbocycles. The number of halogens is 2. The lowest BCUT2D eigenvalue weighted by atomic mass is 9.93. The molecule has 25 heavy (non-hydrogen) atoms. The van der Waals surface area contributed by atoms with Gasteiger partial charge in [0.1, 0.15) is 0 Å². The van der Waals surface area contributed by atoms with Crippen LogP contribution in [0.2, 0.25) is 10.0 Å². The number of nitrogens with one attached hydrogen (secondary N) is 2. The Hall–Kier alpha value is -2.08. The summed E-state index contributed by atoms with van der Waals surface area (Å²) < 4.78 is 5.00. The summed E-state index contributed by atoms with van der Waals surface area (Å²) in [7, 11) is 1.34. The zero-order valence-corrected chi connectivity index (χ0v) is 15.5. The molecule has 1 atom stereocenters. The molecule has 2 aromatic rings. The van der Waals surface area contributed by atoms with Crippen LogP contribution in [0.1, 0.15) is 17.2 Å². The third kappa shape index (κ3) is 3.63. The second-order valence-corrected chi connectivity index (χ2v) is 6.59. The molecule has 0 aliphatic carbocycles. The SMILES string of the molecule is COC(=O)C1=C(c2ccc(Cl)cc2)NC(=S)N[C@@H]1c1ccccc1Cl. The van der Waals surface area contributed by atoms with E-state index < -0.39 is 12.0 Å². The Labute approximate surface area is 160 Å². The topological polar surface area (TPSA) is 50.4 Å². The Kier molecular flexibility index (Phi) is 5.27. The van der Waals surface area contributed by atoms with Crippen molar-refractivity contribution in [3.63, 3.8) is 0 Å². The number of benzene rings is 2. The zero-order chi connectivity index (χ0) is 18.0. The quantitative estimate of drug-likeness (QED) is 0.608. The maximum Gasteiger partial charge on any atom is 0.338 e. The number of rotatable bonds is 3. The van der Waals surface area contributed by atoms with Crippen LogP contribution in [0.25, 0.3) is 5.70 Å². The first-order valence-corrected chi connectivity index (χ1v) is 8.58. The van der Waals surface area contributed by atoms with Gasteiger partial charge in [-0.2, -0.15) is 0 Å². The van der Waals surface area contributed by atoms with Gasteiger partial charge in [-0.3, -0.25) is 0 Å². The van der Waals surface area contributed by atoms with E-state index in [2.05, 4.69) is 10.6 Å².